The standard InChI is InChI=1S/C6H5N3S/c7-5-3-4-1-2-8-9-6(4)10-5/h1-3H,7H2. The van der Waals surface area contributed by atoms with Crippen molar-refractivity contribution >= 4 is 26.6 Å². The molecule has 0 fully saturated rings. The number of rotatable bonds is 0. The van der Waals surface area contributed by atoms with E-state index in [0.29, 0.717) is 0 Å². The molecule has 2 aromatic heterocycles. The van der Waals surface area contributed by atoms with Crippen LogP contribution in [0.3, 0.4) is 0 Å². The summed E-state index contributed by atoms with van der Waals surface area (Å²) in [5, 5.41) is 9.48. The molecule has 10 heavy (non-hydrogen) atoms. The molecule has 0 spiro atoms. The number of fused-ring (bicyclic) bond motifs is 1. The van der Waals surface area contributed by atoms with Crippen LogP contribution < -0.4 is 5.73 Å². The predicted octanol–water partition coefficient (Wildman–Crippen LogP) is 1.27. The van der Waals surface area contributed by atoms with Gasteiger partial charge in [-0.05, 0) is 12.1 Å². The van der Waals surface area contributed by atoms with E-state index >= 15 is 0 Å². The fourth-order valence-corrected chi connectivity index (χ4v) is 1.55. The maximum atomic E-state index is 5.54. The molecule has 2 N–H and O–H groups in total. The Morgan fingerprint density at radius 2 is 2.40 bits per heavy atom. The number of nitrogens with zero attached hydrogens (tertiary/aromatic N) is 2. The Balaban J connectivity index is 2.88. The van der Waals surface area contributed by atoms with Crippen LogP contribution in [0.2, 0.25) is 0 Å². The van der Waals surface area contributed by atoms with Gasteiger partial charge in [-0.2, -0.15) is 5.10 Å². The molecule has 2 aromatic rings. The zero-order chi connectivity index (χ0) is 6.97. The maximum absolute atomic E-state index is 5.54. The molecular weight excluding hydrogens is 146 g/mol. The van der Waals surface area contributed by atoms with Gasteiger partial charge in [0, 0.05) is 5.39 Å². The van der Waals surface area contributed by atoms with E-state index in [0.717, 1.165) is 15.2 Å². The SMILES string of the molecule is Nc1cc2ccnnc2s1. The normalized spacial score (nSPS) is 10.4. The fraction of sp³-hybridized carbons (Fsp3) is 0. The number of aromatic nitrogens is 2. The van der Waals surface area contributed by atoms with Gasteiger partial charge in [-0.25, -0.2) is 0 Å². The van der Waals surface area contributed by atoms with Crippen molar-refractivity contribution in [3.05, 3.63) is 18.3 Å². The van der Waals surface area contributed by atoms with E-state index in [1.54, 1.807) is 6.20 Å². The maximum Gasteiger partial charge on any atom is 0.148 e. The van der Waals surface area contributed by atoms with Crippen LogP contribution in [0.1, 0.15) is 0 Å². The minimum atomic E-state index is 0.788. The van der Waals surface area contributed by atoms with Gasteiger partial charge in [-0.3, -0.25) is 0 Å². The summed E-state index contributed by atoms with van der Waals surface area (Å²) in [6.45, 7) is 0. The van der Waals surface area contributed by atoms with E-state index in [2.05, 4.69) is 10.2 Å². The van der Waals surface area contributed by atoms with E-state index < -0.39 is 0 Å². The molecule has 0 aliphatic heterocycles. The van der Waals surface area contributed by atoms with Gasteiger partial charge in [0.1, 0.15) is 4.83 Å². The van der Waals surface area contributed by atoms with Gasteiger partial charge >= 0.3 is 0 Å². The third-order valence-corrected chi connectivity index (χ3v) is 2.09. The lowest BCUT2D eigenvalue weighted by molar-refractivity contribution is 1.09. The largest absolute Gasteiger partial charge is 0.391 e. The first-order valence-electron chi connectivity index (χ1n) is 2.83. The van der Waals surface area contributed by atoms with Crippen LogP contribution in [0.4, 0.5) is 5.00 Å². The number of thiophene rings is 1. The van der Waals surface area contributed by atoms with Gasteiger partial charge in [0.05, 0.1) is 11.2 Å². The highest BCUT2D eigenvalue weighted by molar-refractivity contribution is 7.22. The molecule has 0 bridgehead atoms. The zero-order valence-corrected chi connectivity index (χ0v) is 5.93. The first-order valence-corrected chi connectivity index (χ1v) is 3.64. The highest BCUT2D eigenvalue weighted by atomic mass is 32.1. The monoisotopic (exact) mass is 151 g/mol. The first-order chi connectivity index (χ1) is 4.86. The number of anilines is 1. The lowest BCUT2D eigenvalue weighted by Gasteiger charge is -1.80. The second-order valence-corrected chi connectivity index (χ2v) is 3.00. The molecule has 0 aromatic carbocycles. The summed E-state index contributed by atoms with van der Waals surface area (Å²) < 4.78 is 0. The van der Waals surface area contributed by atoms with Crippen LogP contribution in [0.5, 0.6) is 0 Å². The highest BCUT2D eigenvalue weighted by Crippen LogP contribution is 2.23. The zero-order valence-electron chi connectivity index (χ0n) is 5.11. The quantitative estimate of drug-likeness (QED) is 0.617. The number of hydrogen-bond donors (Lipinski definition) is 1. The molecule has 2 rings (SSSR count). The van der Waals surface area contributed by atoms with E-state index in [9.17, 15) is 0 Å². The number of nitrogens with two attached hydrogens (primary N) is 1. The van der Waals surface area contributed by atoms with Crippen molar-refractivity contribution in [2.45, 2.75) is 0 Å². The second kappa shape index (κ2) is 1.91. The summed E-state index contributed by atoms with van der Waals surface area (Å²) in [6.07, 6.45) is 1.66. The lowest BCUT2D eigenvalue weighted by atomic mass is 10.4. The van der Waals surface area contributed by atoms with Crippen molar-refractivity contribution in [3.63, 3.8) is 0 Å². The Labute approximate surface area is 61.5 Å². The summed E-state index contributed by atoms with van der Waals surface area (Å²) in [5.41, 5.74) is 5.54. The summed E-state index contributed by atoms with van der Waals surface area (Å²) in [5.74, 6) is 0. The van der Waals surface area contributed by atoms with Crippen molar-refractivity contribution < 1.29 is 0 Å². The van der Waals surface area contributed by atoms with Crippen LogP contribution in [0, 0.1) is 0 Å². The van der Waals surface area contributed by atoms with Crippen molar-refractivity contribution in [3.8, 4) is 0 Å². The predicted molar refractivity (Wildman–Crippen MR) is 41.8 cm³/mol. The molecule has 0 aliphatic rings. The van der Waals surface area contributed by atoms with Crippen molar-refractivity contribution in [2.75, 3.05) is 5.73 Å². The second-order valence-electron chi connectivity index (χ2n) is 1.94. The molecule has 0 saturated carbocycles. The van der Waals surface area contributed by atoms with Crippen LogP contribution in [0.25, 0.3) is 10.2 Å². The molecule has 50 valence electrons. The van der Waals surface area contributed by atoms with Gasteiger partial charge < -0.3 is 5.73 Å². The van der Waals surface area contributed by atoms with Crippen LogP contribution >= 0.6 is 11.3 Å². The molecule has 3 nitrogen and oxygen atoms in total. The third-order valence-electron chi connectivity index (χ3n) is 1.23. The third kappa shape index (κ3) is 0.733. The summed E-state index contributed by atoms with van der Waals surface area (Å²) in [6, 6.07) is 3.80. The van der Waals surface area contributed by atoms with E-state index in [-0.39, 0.29) is 0 Å². The lowest BCUT2D eigenvalue weighted by Crippen LogP contribution is -1.73. The van der Waals surface area contributed by atoms with Gasteiger partial charge in [-0.15, -0.1) is 5.10 Å². The number of hydrogen-bond acceptors (Lipinski definition) is 4. The Bertz CT molecular complexity index is 322. The molecule has 4 heteroatoms. The van der Waals surface area contributed by atoms with Crippen molar-refractivity contribution in [1.82, 2.24) is 10.2 Å². The molecule has 0 atom stereocenters. The minimum Gasteiger partial charge on any atom is -0.391 e. The topological polar surface area (TPSA) is 51.8 Å². The smallest absolute Gasteiger partial charge is 0.148 e. The fourth-order valence-electron chi connectivity index (χ4n) is 0.812. The molecule has 0 aliphatic carbocycles. The van der Waals surface area contributed by atoms with Gasteiger partial charge in [0.2, 0.25) is 0 Å². The summed E-state index contributed by atoms with van der Waals surface area (Å²) in [4.78, 5) is 0.903. The van der Waals surface area contributed by atoms with E-state index in [4.69, 9.17) is 5.73 Å². The Morgan fingerprint density at radius 3 is 3.20 bits per heavy atom. The highest BCUT2D eigenvalue weighted by Gasteiger charge is 1.96. The molecule has 2 heterocycles. The van der Waals surface area contributed by atoms with Crippen LogP contribution in [0.15, 0.2) is 18.3 Å². The van der Waals surface area contributed by atoms with Gasteiger partial charge in [0.15, 0.2) is 0 Å². The van der Waals surface area contributed by atoms with Crippen molar-refractivity contribution in [1.29, 1.82) is 0 Å². The Morgan fingerprint density at radius 1 is 1.50 bits per heavy atom. The van der Waals surface area contributed by atoms with Crippen molar-refractivity contribution in [2.24, 2.45) is 0 Å². The molecule has 0 amide bonds. The van der Waals surface area contributed by atoms with Crippen LogP contribution in [-0.4, -0.2) is 10.2 Å². The Hall–Kier alpha value is -1.16. The Kier molecular flexibility index (Phi) is 1.07. The first kappa shape index (κ1) is 5.61. The summed E-state index contributed by atoms with van der Waals surface area (Å²) in [7, 11) is 0. The molecular formula is C6H5N3S. The summed E-state index contributed by atoms with van der Waals surface area (Å²) >= 11 is 1.46. The average Bonchev–Trinajstić information content (AvgIpc) is 2.27. The van der Waals surface area contributed by atoms with Gasteiger partial charge in [0.25, 0.3) is 0 Å². The van der Waals surface area contributed by atoms with Gasteiger partial charge in [-0.1, -0.05) is 11.3 Å². The van der Waals surface area contributed by atoms with E-state index in [1.807, 2.05) is 12.1 Å². The molecule has 0 radical (unpaired) electrons. The van der Waals surface area contributed by atoms with Crippen LogP contribution in [-0.2, 0) is 0 Å². The minimum absolute atomic E-state index is 0.788. The average molecular weight is 151 g/mol. The van der Waals surface area contributed by atoms with E-state index in [1.165, 1.54) is 11.3 Å². The molecule has 0 saturated heterocycles. The number of nitrogen functional groups attached to an aromatic ring is 1. The molecule has 0 unspecified atom stereocenters.